The zero-order valence-corrected chi connectivity index (χ0v) is 14.1. The van der Waals surface area contributed by atoms with E-state index < -0.39 is 5.56 Å². The minimum atomic E-state index is -0.391. The lowest BCUT2D eigenvalue weighted by atomic mass is 10.1. The van der Waals surface area contributed by atoms with Crippen molar-refractivity contribution in [3.8, 4) is 0 Å². The molecule has 132 valence electrons. The molecular formula is C18H22N4O3. The monoisotopic (exact) mass is 342 g/mol. The van der Waals surface area contributed by atoms with Gasteiger partial charge in [0.05, 0.1) is 0 Å². The highest BCUT2D eigenvalue weighted by molar-refractivity contribution is 5.76. The fraction of sp³-hybridized carbons (Fsp3) is 0.389. The summed E-state index contributed by atoms with van der Waals surface area (Å²) >= 11 is 0. The summed E-state index contributed by atoms with van der Waals surface area (Å²) < 4.78 is 1.06. The average Bonchev–Trinajstić information content (AvgIpc) is 2.64. The fourth-order valence-corrected chi connectivity index (χ4v) is 2.97. The van der Waals surface area contributed by atoms with E-state index in [0.717, 1.165) is 36.8 Å². The Morgan fingerprint density at radius 1 is 0.960 bits per heavy atom. The Kier molecular flexibility index (Phi) is 5.45. The van der Waals surface area contributed by atoms with Crippen molar-refractivity contribution >= 4 is 5.91 Å². The number of rotatable bonds is 5. The molecule has 2 aromatic rings. The van der Waals surface area contributed by atoms with E-state index in [0.29, 0.717) is 13.1 Å². The molecule has 0 bridgehead atoms. The molecular weight excluding hydrogens is 320 g/mol. The van der Waals surface area contributed by atoms with Gasteiger partial charge >= 0.3 is 0 Å². The Labute approximate surface area is 145 Å². The number of amides is 1. The van der Waals surface area contributed by atoms with Crippen LogP contribution in [-0.2, 0) is 17.8 Å². The number of H-pyrrole nitrogens is 1. The maximum absolute atomic E-state index is 12.3. The van der Waals surface area contributed by atoms with E-state index in [2.05, 4.69) is 22.1 Å². The Hall–Kier alpha value is -2.67. The molecule has 7 nitrogen and oxygen atoms in total. The number of aromatic nitrogens is 2. The van der Waals surface area contributed by atoms with Crippen LogP contribution in [0.4, 0.5) is 0 Å². The second-order valence-electron chi connectivity index (χ2n) is 6.19. The van der Waals surface area contributed by atoms with Gasteiger partial charge in [-0.25, -0.2) is 4.68 Å². The van der Waals surface area contributed by atoms with Crippen LogP contribution in [0.25, 0.3) is 0 Å². The Balaban J connectivity index is 1.48. The first-order valence-electron chi connectivity index (χ1n) is 8.46. The van der Waals surface area contributed by atoms with Gasteiger partial charge in [-0.15, -0.1) is 0 Å². The van der Waals surface area contributed by atoms with Gasteiger partial charge < -0.3 is 4.90 Å². The summed E-state index contributed by atoms with van der Waals surface area (Å²) in [6.07, 6.45) is 0.995. The van der Waals surface area contributed by atoms with Crippen LogP contribution in [0.1, 0.15) is 5.56 Å². The van der Waals surface area contributed by atoms with Crippen LogP contribution >= 0.6 is 0 Å². The maximum Gasteiger partial charge on any atom is 0.265 e. The van der Waals surface area contributed by atoms with Gasteiger partial charge in [0.15, 0.2) is 0 Å². The summed E-state index contributed by atoms with van der Waals surface area (Å²) in [5.41, 5.74) is 0.543. The summed E-state index contributed by atoms with van der Waals surface area (Å²) in [6, 6.07) is 12.7. The van der Waals surface area contributed by atoms with Crippen LogP contribution in [0.5, 0.6) is 0 Å². The quantitative estimate of drug-likeness (QED) is 0.825. The molecule has 25 heavy (non-hydrogen) atoms. The van der Waals surface area contributed by atoms with Crippen LogP contribution < -0.4 is 11.1 Å². The van der Waals surface area contributed by atoms with E-state index >= 15 is 0 Å². The lowest BCUT2D eigenvalue weighted by molar-refractivity contribution is -0.133. The number of carbonyl (C=O) groups excluding carboxylic acids is 1. The summed E-state index contributed by atoms with van der Waals surface area (Å²) in [7, 11) is 0. The van der Waals surface area contributed by atoms with Crippen molar-refractivity contribution in [3.05, 3.63) is 68.7 Å². The fourth-order valence-electron chi connectivity index (χ4n) is 2.97. The molecule has 0 radical (unpaired) electrons. The van der Waals surface area contributed by atoms with Crippen LogP contribution in [0, 0.1) is 0 Å². The Morgan fingerprint density at radius 3 is 2.40 bits per heavy atom. The zero-order chi connectivity index (χ0) is 17.6. The van der Waals surface area contributed by atoms with Gasteiger partial charge in [-0.3, -0.25) is 24.4 Å². The SMILES string of the molecule is O=C(Cn1[nH]c(=O)ccc1=O)N1CCN(CCc2ccccc2)CC1. The van der Waals surface area contributed by atoms with E-state index in [9.17, 15) is 14.4 Å². The smallest absolute Gasteiger partial charge is 0.265 e. The molecule has 1 fully saturated rings. The molecule has 1 aromatic heterocycles. The summed E-state index contributed by atoms with van der Waals surface area (Å²) in [5.74, 6) is -0.147. The molecule has 1 saturated heterocycles. The number of nitrogens with zero attached hydrogens (tertiary/aromatic N) is 3. The number of benzene rings is 1. The van der Waals surface area contributed by atoms with Gasteiger partial charge in [0.2, 0.25) is 5.91 Å². The molecule has 0 aliphatic carbocycles. The van der Waals surface area contributed by atoms with Gasteiger partial charge in [-0.2, -0.15) is 0 Å². The summed E-state index contributed by atoms with van der Waals surface area (Å²) in [4.78, 5) is 39.4. The molecule has 0 spiro atoms. The van der Waals surface area contributed by atoms with E-state index in [-0.39, 0.29) is 18.0 Å². The topological polar surface area (TPSA) is 78.4 Å². The first kappa shape index (κ1) is 17.2. The molecule has 0 unspecified atom stereocenters. The van der Waals surface area contributed by atoms with E-state index in [4.69, 9.17) is 0 Å². The maximum atomic E-state index is 12.3. The molecule has 1 aliphatic heterocycles. The average molecular weight is 342 g/mol. The lowest BCUT2D eigenvalue weighted by Gasteiger charge is -2.34. The van der Waals surface area contributed by atoms with Crippen molar-refractivity contribution in [1.82, 2.24) is 19.6 Å². The van der Waals surface area contributed by atoms with Crippen LogP contribution in [0.15, 0.2) is 52.1 Å². The largest absolute Gasteiger partial charge is 0.339 e. The molecule has 7 heteroatoms. The lowest BCUT2D eigenvalue weighted by Crippen LogP contribution is -2.50. The molecule has 2 heterocycles. The molecule has 1 amide bonds. The second-order valence-corrected chi connectivity index (χ2v) is 6.19. The predicted octanol–water partition coefficient (Wildman–Crippen LogP) is -0.0765. The third-order valence-corrected chi connectivity index (χ3v) is 4.47. The molecule has 0 saturated carbocycles. The molecule has 1 N–H and O–H groups in total. The van der Waals surface area contributed by atoms with E-state index in [1.54, 1.807) is 4.90 Å². The van der Waals surface area contributed by atoms with Gasteiger partial charge in [0.1, 0.15) is 6.54 Å². The summed E-state index contributed by atoms with van der Waals surface area (Å²) in [5, 5.41) is 2.38. The first-order valence-corrected chi connectivity index (χ1v) is 8.46. The highest BCUT2D eigenvalue weighted by Gasteiger charge is 2.21. The molecule has 1 aromatic carbocycles. The minimum absolute atomic E-state index is 0.126. The predicted molar refractivity (Wildman–Crippen MR) is 94.5 cm³/mol. The second kappa shape index (κ2) is 7.94. The number of hydrogen-bond acceptors (Lipinski definition) is 4. The molecule has 0 atom stereocenters. The Morgan fingerprint density at radius 2 is 1.68 bits per heavy atom. The van der Waals surface area contributed by atoms with Crippen molar-refractivity contribution in [2.24, 2.45) is 0 Å². The number of piperazine rings is 1. The van der Waals surface area contributed by atoms with Crippen LogP contribution in [0.3, 0.4) is 0 Å². The zero-order valence-electron chi connectivity index (χ0n) is 14.1. The van der Waals surface area contributed by atoms with Crippen molar-refractivity contribution in [1.29, 1.82) is 0 Å². The summed E-state index contributed by atoms with van der Waals surface area (Å²) in [6.45, 7) is 3.76. The number of carbonyl (C=O) groups is 1. The van der Waals surface area contributed by atoms with Gasteiger partial charge in [-0.1, -0.05) is 30.3 Å². The van der Waals surface area contributed by atoms with Crippen molar-refractivity contribution in [2.45, 2.75) is 13.0 Å². The van der Waals surface area contributed by atoms with E-state index in [1.165, 1.54) is 11.6 Å². The minimum Gasteiger partial charge on any atom is -0.339 e. The standard InChI is InChI=1S/C18H22N4O3/c23-16-6-7-17(24)22(19-16)14-18(25)21-12-10-20(11-13-21)9-8-15-4-2-1-3-5-15/h1-7H,8-14H2,(H,19,23). The van der Waals surface area contributed by atoms with Crippen molar-refractivity contribution in [2.75, 3.05) is 32.7 Å². The Bertz CT molecular complexity index is 820. The third kappa shape index (κ3) is 4.67. The first-order chi connectivity index (χ1) is 12.1. The normalized spacial score (nSPS) is 15.3. The van der Waals surface area contributed by atoms with Crippen LogP contribution in [0.2, 0.25) is 0 Å². The van der Waals surface area contributed by atoms with E-state index in [1.807, 2.05) is 18.2 Å². The molecule has 3 rings (SSSR count). The van der Waals surface area contributed by atoms with Crippen LogP contribution in [-0.4, -0.2) is 58.2 Å². The van der Waals surface area contributed by atoms with Crippen molar-refractivity contribution in [3.63, 3.8) is 0 Å². The van der Waals surface area contributed by atoms with Gasteiger partial charge in [-0.05, 0) is 12.0 Å². The number of hydrogen-bond donors (Lipinski definition) is 1. The number of nitrogens with one attached hydrogen (secondary N) is 1. The van der Waals surface area contributed by atoms with Crippen molar-refractivity contribution < 1.29 is 4.79 Å². The highest BCUT2D eigenvalue weighted by atomic mass is 16.2. The van der Waals surface area contributed by atoms with Gasteiger partial charge in [0, 0.05) is 44.9 Å². The van der Waals surface area contributed by atoms with Gasteiger partial charge in [0.25, 0.3) is 11.1 Å². The third-order valence-electron chi connectivity index (χ3n) is 4.47. The molecule has 1 aliphatic rings. The highest BCUT2D eigenvalue weighted by Crippen LogP contribution is 2.06. The number of aromatic amines is 1.